The maximum absolute atomic E-state index is 13.6. The maximum atomic E-state index is 13.6. The van der Waals surface area contributed by atoms with Gasteiger partial charge in [-0.3, -0.25) is 14.2 Å². The number of benzene rings is 1. The molecule has 0 bridgehead atoms. The van der Waals surface area contributed by atoms with E-state index in [4.69, 9.17) is 0 Å². The summed E-state index contributed by atoms with van der Waals surface area (Å²) < 4.78 is 15.4. The van der Waals surface area contributed by atoms with Crippen LogP contribution in [0.5, 0.6) is 0 Å². The van der Waals surface area contributed by atoms with Crippen molar-refractivity contribution < 1.29 is 9.18 Å². The van der Waals surface area contributed by atoms with Crippen LogP contribution in [0.15, 0.2) is 39.6 Å². The molecule has 1 N–H and O–H groups in total. The Labute approximate surface area is 145 Å². The molecule has 5 nitrogen and oxygen atoms in total. The topological polar surface area (TPSA) is 64.0 Å². The number of carbonyl (C=O) groups is 1. The van der Waals surface area contributed by atoms with Crippen LogP contribution in [0.1, 0.15) is 5.56 Å². The predicted octanol–water partition coefficient (Wildman–Crippen LogP) is 3.27. The van der Waals surface area contributed by atoms with Crippen LogP contribution >= 0.6 is 23.1 Å². The molecule has 0 aliphatic heterocycles. The number of thioether (sulfide) groups is 1. The lowest BCUT2D eigenvalue weighted by Gasteiger charge is -2.11. The third-order valence-electron chi connectivity index (χ3n) is 3.47. The van der Waals surface area contributed by atoms with E-state index in [0.29, 0.717) is 26.6 Å². The highest BCUT2D eigenvalue weighted by Gasteiger charge is 2.14. The Kier molecular flexibility index (Phi) is 4.68. The van der Waals surface area contributed by atoms with Gasteiger partial charge in [0, 0.05) is 5.69 Å². The Morgan fingerprint density at radius 2 is 2.21 bits per heavy atom. The fourth-order valence-corrected chi connectivity index (χ4v) is 3.57. The van der Waals surface area contributed by atoms with E-state index in [1.54, 1.807) is 36.8 Å². The minimum Gasteiger partial charge on any atom is -0.324 e. The predicted molar refractivity (Wildman–Crippen MR) is 95.4 cm³/mol. The molecule has 0 saturated carbocycles. The van der Waals surface area contributed by atoms with Crippen molar-refractivity contribution in [3.8, 4) is 0 Å². The highest BCUT2D eigenvalue weighted by molar-refractivity contribution is 7.98. The second kappa shape index (κ2) is 6.74. The number of carbonyl (C=O) groups excluding carboxylic acids is 1. The summed E-state index contributed by atoms with van der Waals surface area (Å²) in [7, 11) is 0. The number of thiophene rings is 1. The van der Waals surface area contributed by atoms with E-state index < -0.39 is 11.7 Å². The van der Waals surface area contributed by atoms with E-state index in [9.17, 15) is 14.0 Å². The third kappa shape index (κ3) is 3.20. The van der Waals surface area contributed by atoms with Gasteiger partial charge in [0.1, 0.15) is 17.1 Å². The van der Waals surface area contributed by atoms with E-state index in [1.807, 2.05) is 0 Å². The summed E-state index contributed by atoms with van der Waals surface area (Å²) in [5, 5.41) is 4.87. The van der Waals surface area contributed by atoms with Crippen LogP contribution in [0.2, 0.25) is 0 Å². The van der Waals surface area contributed by atoms with Gasteiger partial charge in [-0.25, -0.2) is 9.37 Å². The minimum atomic E-state index is -0.409. The van der Waals surface area contributed by atoms with Crippen molar-refractivity contribution in [1.29, 1.82) is 0 Å². The molecular formula is C16H14FN3O2S2. The molecule has 0 atom stereocenters. The SMILES string of the molecule is CSc1nc2ccsc2c(=O)n1CC(=O)Nc1ccc(C)c(F)c1. The molecule has 2 heterocycles. The van der Waals surface area contributed by atoms with Crippen molar-refractivity contribution >= 4 is 44.9 Å². The lowest BCUT2D eigenvalue weighted by atomic mass is 10.2. The van der Waals surface area contributed by atoms with E-state index in [1.165, 1.54) is 33.7 Å². The van der Waals surface area contributed by atoms with E-state index in [2.05, 4.69) is 10.3 Å². The van der Waals surface area contributed by atoms with Crippen LogP contribution in [0, 0.1) is 12.7 Å². The smallest absolute Gasteiger partial charge is 0.272 e. The number of hydrogen-bond donors (Lipinski definition) is 1. The Balaban J connectivity index is 1.88. The summed E-state index contributed by atoms with van der Waals surface area (Å²) in [5.74, 6) is -0.801. The van der Waals surface area contributed by atoms with Crippen molar-refractivity contribution in [3.63, 3.8) is 0 Å². The summed E-state index contributed by atoms with van der Waals surface area (Å²) in [6.45, 7) is 1.47. The molecule has 0 saturated heterocycles. The van der Waals surface area contributed by atoms with Crippen molar-refractivity contribution in [3.05, 3.63) is 51.4 Å². The fourth-order valence-electron chi connectivity index (χ4n) is 2.23. The lowest BCUT2D eigenvalue weighted by Crippen LogP contribution is -2.29. The number of halogens is 1. The van der Waals surface area contributed by atoms with Crippen LogP contribution in [0.25, 0.3) is 10.2 Å². The van der Waals surface area contributed by atoms with Crippen LogP contribution in [0.3, 0.4) is 0 Å². The zero-order valence-electron chi connectivity index (χ0n) is 13.0. The molecule has 1 aromatic carbocycles. The van der Waals surface area contributed by atoms with Gasteiger partial charge in [-0.05, 0) is 42.3 Å². The molecule has 0 aliphatic carbocycles. The quantitative estimate of drug-likeness (QED) is 0.571. The first-order valence-corrected chi connectivity index (χ1v) is 9.18. The van der Waals surface area contributed by atoms with Crippen LogP contribution in [0.4, 0.5) is 10.1 Å². The van der Waals surface area contributed by atoms with Crippen molar-refractivity contribution in [2.45, 2.75) is 18.6 Å². The zero-order chi connectivity index (χ0) is 17.3. The molecule has 0 unspecified atom stereocenters. The lowest BCUT2D eigenvalue weighted by molar-refractivity contribution is -0.116. The summed E-state index contributed by atoms with van der Waals surface area (Å²) in [4.78, 5) is 29.2. The summed E-state index contributed by atoms with van der Waals surface area (Å²) in [6.07, 6.45) is 1.80. The monoisotopic (exact) mass is 363 g/mol. The molecular weight excluding hydrogens is 349 g/mol. The largest absolute Gasteiger partial charge is 0.324 e. The second-order valence-electron chi connectivity index (χ2n) is 5.14. The number of fused-ring (bicyclic) bond motifs is 1. The van der Waals surface area contributed by atoms with Gasteiger partial charge < -0.3 is 5.32 Å². The highest BCUT2D eigenvalue weighted by atomic mass is 32.2. The molecule has 0 aliphatic rings. The van der Waals surface area contributed by atoms with Crippen molar-refractivity contribution in [2.24, 2.45) is 0 Å². The molecule has 8 heteroatoms. The summed E-state index contributed by atoms with van der Waals surface area (Å²) in [5.41, 5.74) is 1.24. The van der Waals surface area contributed by atoms with Crippen LogP contribution in [-0.4, -0.2) is 21.7 Å². The minimum absolute atomic E-state index is 0.175. The Morgan fingerprint density at radius 1 is 1.42 bits per heavy atom. The van der Waals surface area contributed by atoms with Gasteiger partial charge in [-0.15, -0.1) is 11.3 Å². The van der Waals surface area contributed by atoms with Gasteiger partial charge in [0.25, 0.3) is 5.56 Å². The molecule has 3 rings (SSSR count). The standard InChI is InChI=1S/C16H14FN3O2S2/c1-9-3-4-10(7-11(9)17)18-13(21)8-20-15(22)14-12(5-6-24-14)19-16(20)23-2/h3-7H,8H2,1-2H3,(H,18,21). The first-order chi connectivity index (χ1) is 11.5. The number of nitrogens with zero attached hydrogens (tertiary/aromatic N) is 2. The van der Waals surface area contributed by atoms with E-state index in [-0.39, 0.29) is 12.1 Å². The van der Waals surface area contributed by atoms with E-state index >= 15 is 0 Å². The number of nitrogens with one attached hydrogen (secondary N) is 1. The second-order valence-corrected chi connectivity index (χ2v) is 6.83. The van der Waals surface area contributed by atoms with Crippen LogP contribution in [-0.2, 0) is 11.3 Å². The first kappa shape index (κ1) is 16.7. The maximum Gasteiger partial charge on any atom is 0.272 e. The Hall–Kier alpha value is -2.19. The van der Waals surface area contributed by atoms with Crippen molar-refractivity contribution in [1.82, 2.24) is 9.55 Å². The molecule has 3 aromatic rings. The van der Waals surface area contributed by atoms with Crippen molar-refractivity contribution in [2.75, 3.05) is 11.6 Å². The molecule has 24 heavy (non-hydrogen) atoms. The number of aryl methyl sites for hydroxylation is 1. The number of rotatable bonds is 4. The molecule has 2 aromatic heterocycles. The fraction of sp³-hybridized carbons (Fsp3) is 0.188. The molecule has 0 spiro atoms. The third-order valence-corrected chi connectivity index (χ3v) is 5.04. The zero-order valence-corrected chi connectivity index (χ0v) is 14.6. The van der Waals surface area contributed by atoms with Gasteiger partial charge in [0.05, 0.1) is 5.52 Å². The van der Waals surface area contributed by atoms with Gasteiger partial charge in [0.2, 0.25) is 5.91 Å². The van der Waals surface area contributed by atoms with Gasteiger partial charge >= 0.3 is 0 Å². The van der Waals surface area contributed by atoms with Gasteiger partial charge in [0.15, 0.2) is 5.16 Å². The molecule has 0 fully saturated rings. The van der Waals surface area contributed by atoms with E-state index in [0.717, 1.165) is 0 Å². The van der Waals surface area contributed by atoms with Gasteiger partial charge in [-0.2, -0.15) is 0 Å². The van der Waals surface area contributed by atoms with Crippen LogP contribution < -0.4 is 10.9 Å². The number of amides is 1. The first-order valence-electron chi connectivity index (χ1n) is 7.07. The average molecular weight is 363 g/mol. The number of aromatic nitrogens is 2. The molecule has 1 amide bonds. The molecule has 124 valence electrons. The summed E-state index contributed by atoms with van der Waals surface area (Å²) in [6, 6.07) is 6.24. The highest BCUT2D eigenvalue weighted by Crippen LogP contribution is 2.19. The summed E-state index contributed by atoms with van der Waals surface area (Å²) >= 11 is 2.59. The number of hydrogen-bond acceptors (Lipinski definition) is 5. The molecule has 0 radical (unpaired) electrons. The normalized spacial score (nSPS) is 11.0. The number of anilines is 1. The average Bonchev–Trinajstić information content (AvgIpc) is 3.02. The Bertz CT molecular complexity index is 981. The Morgan fingerprint density at radius 3 is 2.92 bits per heavy atom. The van der Waals surface area contributed by atoms with Gasteiger partial charge in [-0.1, -0.05) is 17.8 Å².